The van der Waals surface area contributed by atoms with Crippen molar-refractivity contribution in [2.24, 2.45) is 0 Å². The summed E-state index contributed by atoms with van der Waals surface area (Å²) in [6, 6.07) is -0.839. The van der Waals surface area contributed by atoms with Crippen LogP contribution in [0.4, 0.5) is 0 Å². The molecule has 0 aliphatic carbocycles. The van der Waals surface area contributed by atoms with Gasteiger partial charge in [-0.2, -0.15) is 0 Å². The highest BCUT2D eigenvalue weighted by molar-refractivity contribution is 5.76. The number of hydrogen-bond acceptors (Lipinski definition) is 8. The lowest BCUT2D eigenvalue weighted by molar-refractivity contribution is -0.302. The summed E-state index contributed by atoms with van der Waals surface area (Å²) in [6.07, 6.45) is 42.3. The van der Waals surface area contributed by atoms with Crippen molar-refractivity contribution in [3.63, 3.8) is 0 Å². The normalized spacial score (nSPS) is 21.9. The number of nitrogens with one attached hydrogen (secondary N) is 1. The Morgan fingerprint density at radius 2 is 1.12 bits per heavy atom. The fourth-order valence-corrected chi connectivity index (χ4v) is 6.43. The van der Waals surface area contributed by atoms with Gasteiger partial charge in [-0.3, -0.25) is 4.79 Å². The number of aliphatic hydroxyl groups excluding tert-OH is 5. The minimum atomic E-state index is -1.58. The van der Waals surface area contributed by atoms with E-state index >= 15 is 0 Å². The lowest BCUT2D eigenvalue weighted by Crippen LogP contribution is -2.60. The molecular weight excluding hydrogens is 707 g/mol. The van der Waals surface area contributed by atoms with Crippen LogP contribution in [0.25, 0.3) is 0 Å². The van der Waals surface area contributed by atoms with Gasteiger partial charge in [0, 0.05) is 6.42 Å². The average molecular weight is 788 g/mol. The highest BCUT2D eigenvalue weighted by atomic mass is 16.7. The Balaban J connectivity index is 2.44. The summed E-state index contributed by atoms with van der Waals surface area (Å²) in [7, 11) is 0. The zero-order valence-electron chi connectivity index (χ0n) is 35.1. The van der Waals surface area contributed by atoms with Crippen LogP contribution < -0.4 is 5.32 Å². The first-order valence-electron chi connectivity index (χ1n) is 22.2. The minimum absolute atomic E-state index is 0.212. The van der Waals surface area contributed by atoms with Gasteiger partial charge in [-0.1, -0.05) is 151 Å². The van der Waals surface area contributed by atoms with E-state index < -0.39 is 49.5 Å². The maximum atomic E-state index is 12.9. The van der Waals surface area contributed by atoms with Gasteiger partial charge in [-0.25, -0.2) is 0 Å². The number of carbonyl (C=O) groups excluding carboxylic acids is 1. The van der Waals surface area contributed by atoms with E-state index in [9.17, 15) is 30.3 Å². The lowest BCUT2D eigenvalue weighted by atomic mass is 9.99. The Labute approximate surface area is 340 Å². The predicted molar refractivity (Wildman–Crippen MR) is 230 cm³/mol. The highest BCUT2D eigenvalue weighted by Gasteiger charge is 2.44. The Bertz CT molecular complexity index is 1100. The van der Waals surface area contributed by atoms with Crippen molar-refractivity contribution < 1.29 is 39.8 Å². The summed E-state index contributed by atoms with van der Waals surface area (Å²) in [6.45, 7) is 3.60. The maximum Gasteiger partial charge on any atom is 0.220 e. The van der Waals surface area contributed by atoms with Gasteiger partial charge >= 0.3 is 0 Å². The number of hydrogen-bond donors (Lipinski definition) is 6. The molecule has 0 aromatic heterocycles. The molecule has 1 saturated heterocycles. The van der Waals surface area contributed by atoms with E-state index in [0.717, 1.165) is 89.9 Å². The third-order valence-corrected chi connectivity index (χ3v) is 9.99. The molecule has 322 valence electrons. The van der Waals surface area contributed by atoms with Crippen LogP contribution in [-0.4, -0.2) is 87.5 Å². The minimum Gasteiger partial charge on any atom is -0.394 e. The molecule has 0 aromatic carbocycles. The van der Waals surface area contributed by atoms with Gasteiger partial charge < -0.3 is 40.3 Å². The second-order valence-corrected chi connectivity index (χ2v) is 15.1. The molecule has 7 unspecified atom stereocenters. The van der Waals surface area contributed by atoms with Gasteiger partial charge in [0.1, 0.15) is 24.4 Å². The van der Waals surface area contributed by atoms with Crippen LogP contribution in [0.3, 0.4) is 0 Å². The molecule has 0 radical (unpaired) electrons. The largest absolute Gasteiger partial charge is 0.394 e. The molecule has 7 atom stereocenters. The van der Waals surface area contributed by atoms with Crippen molar-refractivity contribution >= 4 is 5.91 Å². The molecule has 1 rings (SSSR count). The standard InChI is InChI=1S/C47H81NO8/c1-3-5-7-9-11-13-15-17-19-20-21-23-24-26-28-30-32-34-36-41(50)40(39-55-47-46(54)45(53)44(52)42(38-49)56-47)48-43(51)37-35-33-31-29-27-25-22-18-16-14-12-10-8-6-4-2/h6,8,12,14,18,20-22,26,28,34,36,40-42,44-47,49-50,52-54H,3-5,7,9-11,13,15-17,19,23-25,27,29-33,35,37-39H2,1-2H3,(H,48,51)/b8-6-,14-12-,21-20+,22-18-,28-26+,36-34+. The third kappa shape index (κ3) is 27.3. The summed E-state index contributed by atoms with van der Waals surface area (Å²) in [4.78, 5) is 12.9. The van der Waals surface area contributed by atoms with E-state index in [1.54, 1.807) is 6.08 Å². The van der Waals surface area contributed by atoms with Gasteiger partial charge in [0.2, 0.25) is 5.91 Å². The van der Waals surface area contributed by atoms with Crippen LogP contribution in [-0.2, 0) is 14.3 Å². The van der Waals surface area contributed by atoms with E-state index in [-0.39, 0.29) is 12.5 Å². The molecule has 0 bridgehead atoms. The fraction of sp³-hybridized carbons (Fsp3) is 0.723. The maximum absolute atomic E-state index is 12.9. The predicted octanol–water partition coefficient (Wildman–Crippen LogP) is 9.00. The molecule has 6 N–H and O–H groups in total. The van der Waals surface area contributed by atoms with E-state index in [1.807, 2.05) is 6.08 Å². The summed E-state index contributed by atoms with van der Waals surface area (Å²) < 4.78 is 11.2. The quantitative estimate of drug-likeness (QED) is 0.0276. The molecule has 9 nitrogen and oxygen atoms in total. The molecule has 56 heavy (non-hydrogen) atoms. The van der Waals surface area contributed by atoms with E-state index in [1.165, 1.54) is 51.4 Å². The van der Waals surface area contributed by atoms with E-state index in [4.69, 9.17) is 9.47 Å². The SMILES string of the molecule is CC/C=C\C/C=C\C/C=C\CCCCCCCC(=O)NC(COC1OC(CO)C(O)C(O)C1O)C(O)/C=C/CC/C=C/CC/C=C/CCCCCCCCCC. The summed E-state index contributed by atoms with van der Waals surface area (Å²) in [5.74, 6) is -0.212. The molecule has 9 heteroatoms. The number of ether oxygens (including phenoxy) is 2. The number of aliphatic hydroxyl groups is 5. The molecule has 1 aliphatic heterocycles. The van der Waals surface area contributed by atoms with Crippen LogP contribution in [0.5, 0.6) is 0 Å². The van der Waals surface area contributed by atoms with Gasteiger partial charge in [-0.05, 0) is 77.0 Å². The second kappa shape index (κ2) is 36.9. The van der Waals surface area contributed by atoms with E-state index in [2.05, 4.69) is 79.9 Å². The number of rotatable bonds is 35. The van der Waals surface area contributed by atoms with Crippen LogP contribution >= 0.6 is 0 Å². The zero-order valence-corrected chi connectivity index (χ0v) is 35.1. The number of allylic oxidation sites excluding steroid dienone is 11. The number of amides is 1. The molecular formula is C47H81NO8. The molecule has 1 fully saturated rings. The summed E-state index contributed by atoms with van der Waals surface area (Å²) >= 11 is 0. The Kier molecular flexibility index (Phi) is 34.1. The zero-order chi connectivity index (χ0) is 40.9. The summed E-state index contributed by atoms with van der Waals surface area (Å²) in [5, 5.41) is 54.1. The lowest BCUT2D eigenvalue weighted by Gasteiger charge is -2.40. The molecule has 1 amide bonds. The van der Waals surface area contributed by atoms with Gasteiger partial charge in [0.25, 0.3) is 0 Å². The highest BCUT2D eigenvalue weighted by Crippen LogP contribution is 2.22. The first-order chi connectivity index (χ1) is 27.3. The smallest absolute Gasteiger partial charge is 0.220 e. The van der Waals surface area contributed by atoms with Crippen LogP contribution in [0.15, 0.2) is 72.9 Å². The Hall–Kier alpha value is -2.37. The van der Waals surface area contributed by atoms with Crippen LogP contribution in [0, 0.1) is 0 Å². The van der Waals surface area contributed by atoms with Crippen molar-refractivity contribution in [2.75, 3.05) is 13.2 Å². The monoisotopic (exact) mass is 788 g/mol. The molecule has 0 saturated carbocycles. The third-order valence-electron chi connectivity index (χ3n) is 9.99. The first kappa shape index (κ1) is 51.6. The number of unbranched alkanes of at least 4 members (excludes halogenated alkanes) is 15. The fourth-order valence-electron chi connectivity index (χ4n) is 6.43. The molecule has 1 heterocycles. The summed E-state index contributed by atoms with van der Waals surface area (Å²) in [5.41, 5.74) is 0. The molecule has 1 aliphatic rings. The van der Waals surface area contributed by atoms with Crippen molar-refractivity contribution in [1.29, 1.82) is 0 Å². The second-order valence-electron chi connectivity index (χ2n) is 15.1. The first-order valence-corrected chi connectivity index (χ1v) is 22.2. The number of carbonyl (C=O) groups is 1. The van der Waals surface area contributed by atoms with Crippen molar-refractivity contribution in [3.8, 4) is 0 Å². The van der Waals surface area contributed by atoms with Gasteiger partial charge in [0.15, 0.2) is 6.29 Å². The van der Waals surface area contributed by atoms with Crippen molar-refractivity contribution in [3.05, 3.63) is 72.9 Å². The topological polar surface area (TPSA) is 149 Å². The van der Waals surface area contributed by atoms with Crippen LogP contribution in [0.1, 0.15) is 162 Å². The Morgan fingerprint density at radius 3 is 1.71 bits per heavy atom. The van der Waals surface area contributed by atoms with Gasteiger partial charge in [0.05, 0.1) is 25.4 Å². The van der Waals surface area contributed by atoms with Crippen molar-refractivity contribution in [1.82, 2.24) is 5.32 Å². The average Bonchev–Trinajstić information content (AvgIpc) is 3.20. The van der Waals surface area contributed by atoms with Gasteiger partial charge in [-0.15, -0.1) is 0 Å². The van der Waals surface area contributed by atoms with Crippen LogP contribution in [0.2, 0.25) is 0 Å². The molecule has 0 spiro atoms. The Morgan fingerprint density at radius 1 is 0.625 bits per heavy atom. The van der Waals surface area contributed by atoms with Crippen molar-refractivity contribution in [2.45, 2.75) is 204 Å². The van der Waals surface area contributed by atoms with E-state index in [0.29, 0.717) is 6.42 Å². The molecule has 0 aromatic rings.